The third-order valence-corrected chi connectivity index (χ3v) is 3.35. The largest absolute Gasteiger partial charge is 0.413 e. The predicted octanol–water partition coefficient (Wildman–Crippen LogP) is 3.00. The van der Waals surface area contributed by atoms with Gasteiger partial charge in [0.2, 0.25) is 0 Å². The molecule has 1 unspecified atom stereocenters. The Bertz CT molecular complexity index is 481. The van der Waals surface area contributed by atoms with E-state index in [0.29, 0.717) is 12.5 Å². The van der Waals surface area contributed by atoms with Crippen LogP contribution in [-0.2, 0) is 11.2 Å². The predicted molar refractivity (Wildman–Crippen MR) is 68.0 cm³/mol. The molecule has 0 saturated heterocycles. The summed E-state index contributed by atoms with van der Waals surface area (Å²) in [5.74, 6) is -1.02. The lowest BCUT2D eigenvalue weighted by Gasteiger charge is -2.26. The Labute approximate surface area is 110 Å². The van der Waals surface area contributed by atoms with Gasteiger partial charge in [0, 0.05) is 6.42 Å². The van der Waals surface area contributed by atoms with E-state index in [1.807, 2.05) is 19.1 Å². The molecule has 1 atom stereocenters. The van der Waals surface area contributed by atoms with Gasteiger partial charge in [0.25, 0.3) is 0 Å². The number of hydrogen-bond acceptors (Lipinski definition) is 2. The van der Waals surface area contributed by atoms with Crippen LogP contribution >= 0.6 is 0 Å². The molecule has 106 valence electrons. The van der Waals surface area contributed by atoms with E-state index in [9.17, 15) is 18.0 Å². The van der Waals surface area contributed by atoms with Gasteiger partial charge in [-0.25, -0.2) is 0 Å². The number of hydrogen-bond donors (Lipinski definition) is 1. The summed E-state index contributed by atoms with van der Waals surface area (Å²) in [6.45, 7) is 6.18. The van der Waals surface area contributed by atoms with E-state index in [4.69, 9.17) is 5.73 Å². The van der Waals surface area contributed by atoms with Crippen molar-refractivity contribution in [3.8, 4) is 0 Å². The fraction of sp³-hybridized carbons (Fsp3) is 0.500. The van der Waals surface area contributed by atoms with Crippen LogP contribution in [0.2, 0.25) is 0 Å². The maximum Gasteiger partial charge on any atom is 0.413 e. The Balaban J connectivity index is 3.08. The number of ketones is 1. The van der Waals surface area contributed by atoms with E-state index in [1.54, 1.807) is 13.8 Å². The highest BCUT2D eigenvalue weighted by Crippen LogP contribution is 2.30. The highest BCUT2D eigenvalue weighted by atomic mass is 19.4. The summed E-state index contributed by atoms with van der Waals surface area (Å²) in [6, 6.07) is 3.69. The molecule has 2 nitrogen and oxygen atoms in total. The molecule has 0 aliphatic rings. The smallest absolute Gasteiger partial charge is 0.312 e. The minimum Gasteiger partial charge on any atom is -0.312 e. The number of carbonyl (C=O) groups excluding carboxylic acids is 1. The summed E-state index contributed by atoms with van der Waals surface area (Å²) in [7, 11) is 0. The molecule has 0 aliphatic carbocycles. The molecule has 19 heavy (non-hydrogen) atoms. The normalized spacial score (nSPS) is 15.2. The Morgan fingerprint density at radius 2 is 1.58 bits per heavy atom. The molecular weight excluding hydrogens is 255 g/mol. The van der Waals surface area contributed by atoms with Gasteiger partial charge in [-0.2, -0.15) is 13.2 Å². The summed E-state index contributed by atoms with van der Waals surface area (Å²) in [5.41, 5.74) is 5.58. The molecule has 0 radical (unpaired) electrons. The molecule has 0 spiro atoms. The lowest BCUT2D eigenvalue weighted by atomic mass is 9.88. The molecular formula is C14H18F3NO. The molecule has 1 aromatic rings. The number of rotatable bonds is 3. The fourth-order valence-corrected chi connectivity index (χ4v) is 1.99. The third kappa shape index (κ3) is 3.15. The molecule has 0 amide bonds. The first kappa shape index (κ1) is 15.7. The van der Waals surface area contributed by atoms with Crippen LogP contribution in [0.15, 0.2) is 12.1 Å². The average Bonchev–Trinajstić information content (AvgIpc) is 2.21. The zero-order valence-electron chi connectivity index (χ0n) is 11.5. The van der Waals surface area contributed by atoms with E-state index >= 15 is 0 Å². The number of benzene rings is 1. The van der Waals surface area contributed by atoms with Gasteiger partial charge in [-0.05, 0) is 44.4 Å². The summed E-state index contributed by atoms with van der Waals surface area (Å²) < 4.78 is 38.1. The van der Waals surface area contributed by atoms with Crippen molar-refractivity contribution in [1.82, 2.24) is 0 Å². The highest BCUT2D eigenvalue weighted by molar-refractivity contribution is 5.91. The second-order valence-corrected chi connectivity index (χ2v) is 5.18. The molecule has 0 saturated carbocycles. The minimum atomic E-state index is -4.74. The first-order valence-corrected chi connectivity index (χ1v) is 5.92. The zero-order valence-corrected chi connectivity index (χ0v) is 11.5. The van der Waals surface area contributed by atoms with Crippen molar-refractivity contribution in [2.24, 2.45) is 5.73 Å². The Kier molecular flexibility index (Phi) is 4.10. The summed E-state index contributed by atoms with van der Waals surface area (Å²) >= 11 is 0. The van der Waals surface area contributed by atoms with Crippen LogP contribution < -0.4 is 5.73 Å². The monoisotopic (exact) mass is 273 g/mol. The van der Waals surface area contributed by atoms with Crippen molar-refractivity contribution >= 4 is 5.78 Å². The number of halogens is 3. The van der Waals surface area contributed by atoms with E-state index in [-0.39, 0.29) is 6.42 Å². The maximum atomic E-state index is 12.7. The van der Waals surface area contributed by atoms with Gasteiger partial charge in [-0.1, -0.05) is 17.7 Å². The first-order chi connectivity index (χ1) is 8.46. The van der Waals surface area contributed by atoms with Gasteiger partial charge in [0.1, 0.15) is 0 Å². The molecule has 0 aromatic heterocycles. The van der Waals surface area contributed by atoms with E-state index in [1.165, 1.54) is 0 Å². The van der Waals surface area contributed by atoms with Crippen molar-refractivity contribution in [3.63, 3.8) is 0 Å². The molecule has 5 heteroatoms. The molecule has 0 fully saturated rings. The Hall–Kier alpha value is -1.36. The molecule has 0 heterocycles. The van der Waals surface area contributed by atoms with Crippen LogP contribution in [0.25, 0.3) is 0 Å². The zero-order chi connectivity index (χ0) is 15.0. The Morgan fingerprint density at radius 3 is 1.95 bits per heavy atom. The number of alkyl halides is 3. The topological polar surface area (TPSA) is 43.1 Å². The quantitative estimate of drug-likeness (QED) is 0.920. The number of nitrogens with two attached hydrogens (primary N) is 1. The molecule has 2 N–H and O–H groups in total. The standard InChI is InChI=1S/C14H18F3NO/c1-8-5-9(2)11(10(3)6-8)7-12(19)13(4,18)14(15,16)17/h5-6H,7,18H2,1-4H3. The lowest BCUT2D eigenvalue weighted by molar-refractivity contribution is -0.185. The lowest BCUT2D eigenvalue weighted by Crippen LogP contribution is -2.57. The van der Waals surface area contributed by atoms with Gasteiger partial charge in [-0.3, -0.25) is 4.79 Å². The van der Waals surface area contributed by atoms with E-state index in [0.717, 1.165) is 16.7 Å². The van der Waals surface area contributed by atoms with Crippen LogP contribution in [0.3, 0.4) is 0 Å². The maximum absolute atomic E-state index is 12.7. The first-order valence-electron chi connectivity index (χ1n) is 5.92. The third-order valence-electron chi connectivity index (χ3n) is 3.35. The second kappa shape index (κ2) is 4.96. The SMILES string of the molecule is Cc1cc(C)c(CC(=O)C(C)(N)C(F)(F)F)c(C)c1. The molecule has 0 bridgehead atoms. The number of Topliss-reactive ketones (excluding diaryl/α,β-unsaturated/α-hetero) is 1. The van der Waals surface area contributed by atoms with Crippen LogP contribution in [0, 0.1) is 20.8 Å². The van der Waals surface area contributed by atoms with Gasteiger partial charge < -0.3 is 5.73 Å². The van der Waals surface area contributed by atoms with E-state index < -0.39 is 17.5 Å². The minimum absolute atomic E-state index is 0.301. The average molecular weight is 273 g/mol. The number of aryl methyl sites for hydroxylation is 3. The second-order valence-electron chi connectivity index (χ2n) is 5.18. The van der Waals surface area contributed by atoms with Crippen molar-refractivity contribution in [3.05, 3.63) is 34.4 Å². The van der Waals surface area contributed by atoms with Crippen LogP contribution in [-0.4, -0.2) is 17.5 Å². The van der Waals surface area contributed by atoms with E-state index in [2.05, 4.69) is 0 Å². The fourth-order valence-electron chi connectivity index (χ4n) is 1.99. The Morgan fingerprint density at radius 1 is 1.16 bits per heavy atom. The van der Waals surface area contributed by atoms with Crippen LogP contribution in [0.4, 0.5) is 13.2 Å². The van der Waals surface area contributed by atoms with Gasteiger partial charge in [0.05, 0.1) is 0 Å². The van der Waals surface area contributed by atoms with Gasteiger partial charge >= 0.3 is 6.18 Å². The van der Waals surface area contributed by atoms with Crippen LogP contribution in [0.5, 0.6) is 0 Å². The molecule has 0 aliphatic heterocycles. The van der Waals surface area contributed by atoms with Gasteiger partial charge in [0.15, 0.2) is 11.3 Å². The summed E-state index contributed by atoms with van der Waals surface area (Å²) in [4.78, 5) is 11.8. The van der Waals surface area contributed by atoms with Crippen LogP contribution in [0.1, 0.15) is 29.2 Å². The molecule has 1 rings (SSSR count). The molecule has 1 aromatic carbocycles. The van der Waals surface area contributed by atoms with Crippen molar-refractivity contribution in [2.45, 2.75) is 45.8 Å². The highest BCUT2D eigenvalue weighted by Gasteiger charge is 2.53. The van der Waals surface area contributed by atoms with Crippen molar-refractivity contribution < 1.29 is 18.0 Å². The summed E-state index contributed by atoms with van der Waals surface area (Å²) in [6.07, 6.45) is -5.04. The van der Waals surface area contributed by atoms with Gasteiger partial charge in [-0.15, -0.1) is 0 Å². The number of carbonyl (C=O) groups is 1. The van der Waals surface area contributed by atoms with Crippen molar-refractivity contribution in [2.75, 3.05) is 0 Å². The summed E-state index contributed by atoms with van der Waals surface area (Å²) in [5, 5.41) is 0. The van der Waals surface area contributed by atoms with Crippen molar-refractivity contribution in [1.29, 1.82) is 0 Å².